The third-order valence-corrected chi connectivity index (χ3v) is 2.13. The summed E-state index contributed by atoms with van der Waals surface area (Å²) in [5, 5.41) is 21.5. The van der Waals surface area contributed by atoms with Crippen LogP contribution in [0.3, 0.4) is 0 Å². The van der Waals surface area contributed by atoms with Gasteiger partial charge in [-0.3, -0.25) is 10.1 Å². The van der Waals surface area contributed by atoms with E-state index >= 15 is 0 Å². The number of diazo groups is 1. The van der Waals surface area contributed by atoms with Crippen LogP contribution in [0.1, 0.15) is 0 Å². The molecule has 0 aliphatic carbocycles. The van der Waals surface area contributed by atoms with E-state index in [1.54, 1.807) is 0 Å². The van der Waals surface area contributed by atoms with Crippen molar-refractivity contribution in [1.29, 1.82) is 5.39 Å². The van der Waals surface area contributed by atoms with Gasteiger partial charge in [0.1, 0.15) is 5.69 Å². The van der Waals surface area contributed by atoms with Crippen molar-refractivity contribution in [3.8, 4) is 0 Å². The van der Waals surface area contributed by atoms with Crippen molar-refractivity contribution in [2.75, 3.05) is 5.73 Å². The van der Waals surface area contributed by atoms with Crippen LogP contribution in [0.15, 0.2) is 12.1 Å². The largest absolute Gasteiger partial charge is 0.392 e. The molecule has 3 N–H and O–H groups in total. The van der Waals surface area contributed by atoms with Crippen LogP contribution < -0.4 is 11.1 Å². The summed E-state index contributed by atoms with van der Waals surface area (Å²) in [6.07, 6.45) is 0. The van der Waals surface area contributed by atoms with E-state index in [-0.39, 0.29) is 21.4 Å². The lowest BCUT2D eigenvalue weighted by Crippen LogP contribution is -2.11. The number of nitro benzene ring substituents is 1. The Labute approximate surface area is 88.8 Å². The number of nitrogens with zero attached hydrogens (tertiary/aromatic N) is 2. The third-order valence-electron chi connectivity index (χ3n) is 1.31. The molecule has 0 heterocycles. The standard InChI is InChI=1S/C6H4Cl2N2O2.N2/c7-3-1-2-4(10(11)12)6(9)5(3)8;1-2/h1-2H,9H2;/p+1. The Balaban J connectivity index is 0.000000791. The van der Waals surface area contributed by atoms with Gasteiger partial charge >= 0.3 is 0 Å². The summed E-state index contributed by atoms with van der Waals surface area (Å²) < 4.78 is 0. The third kappa shape index (κ3) is 2.45. The van der Waals surface area contributed by atoms with E-state index in [9.17, 15) is 10.1 Å². The quantitative estimate of drug-likeness (QED) is 0.324. The van der Waals surface area contributed by atoms with Gasteiger partial charge in [-0.05, 0) is 6.07 Å². The second kappa shape index (κ2) is 5.21. The highest BCUT2D eigenvalue weighted by atomic mass is 35.5. The zero-order valence-corrected chi connectivity index (χ0v) is 8.21. The van der Waals surface area contributed by atoms with Gasteiger partial charge in [0.05, 0.1) is 20.4 Å². The number of anilines is 1. The minimum atomic E-state index is -0.614. The first-order valence-corrected chi connectivity index (χ1v) is 3.90. The van der Waals surface area contributed by atoms with E-state index in [0.717, 1.165) is 0 Å². The Morgan fingerprint density at radius 1 is 1.43 bits per heavy atom. The van der Waals surface area contributed by atoms with Gasteiger partial charge in [0.25, 0.3) is 5.69 Å². The molecule has 0 unspecified atom stereocenters. The van der Waals surface area contributed by atoms with E-state index in [1.807, 2.05) is 0 Å². The molecule has 0 bridgehead atoms. The summed E-state index contributed by atoms with van der Waals surface area (Å²) in [5.41, 5.74) is 4.99. The first-order chi connectivity index (χ1) is 6.54. The maximum atomic E-state index is 10.3. The monoisotopic (exact) mass is 235 g/mol. The van der Waals surface area contributed by atoms with Crippen LogP contribution in [0.5, 0.6) is 0 Å². The molecule has 0 atom stereocenters. The van der Waals surface area contributed by atoms with Crippen LogP contribution in [0.25, 0.3) is 0 Å². The SMILES string of the molecule is N#[NH+].Nc1c([N+](=O)[O-])ccc(Cl)c1Cl. The number of nitrogens with one attached hydrogen (secondary N) is 1. The van der Waals surface area contributed by atoms with Crippen molar-refractivity contribution >= 4 is 34.6 Å². The number of hydrogen-bond donors (Lipinski definition) is 2. The number of halogens is 2. The summed E-state index contributed by atoms with van der Waals surface area (Å²) in [6, 6.07) is 2.54. The van der Waals surface area contributed by atoms with E-state index in [1.165, 1.54) is 12.1 Å². The summed E-state index contributed by atoms with van der Waals surface area (Å²) in [5.74, 6) is 0. The second-order valence-electron chi connectivity index (χ2n) is 2.05. The zero-order valence-electron chi connectivity index (χ0n) is 6.70. The van der Waals surface area contributed by atoms with Gasteiger partial charge in [0.15, 0.2) is 0 Å². The number of benzene rings is 1. The first-order valence-electron chi connectivity index (χ1n) is 3.14. The Hall–Kier alpha value is -1.58. The molecule has 0 saturated carbocycles. The highest BCUT2D eigenvalue weighted by molar-refractivity contribution is 6.44. The number of nitrogens with two attached hydrogens (primary N) is 1. The molecule has 0 saturated heterocycles. The fraction of sp³-hybridized carbons (Fsp3) is 0. The van der Waals surface area contributed by atoms with Crippen molar-refractivity contribution < 1.29 is 10.3 Å². The average Bonchev–Trinajstić information content (AvgIpc) is 2.17. The summed E-state index contributed by atoms with van der Waals surface area (Å²) >= 11 is 11.1. The minimum absolute atomic E-state index is 0.0193. The Morgan fingerprint density at radius 2 is 1.93 bits per heavy atom. The molecular formula is C6H5Cl2N4O2+. The fourth-order valence-electron chi connectivity index (χ4n) is 0.715. The van der Waals surface area contributed by atoms with Crippen LogP contribution in [0, 0.1) is 15.5 Å². The predicted octanol–water partition coefficient (Wildman–Crippen LogP) is 0.763. The first kappa shape index (κ1) is 12.4. The normalized spacial score (nSPS) is 8.57. The van der Waals surface area contributed by atoms with Gasteiger partial charge in [-0.1, -0.05) is 23.2 Å². The zero-order chi connectivity index (χ0) is 11.3. The van der Waals surface area contributed by atoms with E-state index in [2.05, 4.69) is 0 Å². The smallest absolute Gasteiger partial charge is 0.293 e. The Morgan fingerprint density at radius 3 is 2.36 bits per heavy atom. The lowest BCUT2D eigenvalue weighted by atomic mass is 10.3. The Bertz CT molecular complexity index is 380. The molecule has 14 heavy (non-hydrogen) atoms. The van der Waals surface area contributed by atoms with E-state index in [4.69, 9.17) is 39.7 Å². The Kier molecular flexibility index (Phi) is 4.63. The van der Waals surface area contributed by atoms with Gasteiger partial charge < -0.3 is 5.73 Å². The maximum absolute atomic E-state index is 10.3. The molecule has 6 nitrogen and oxygen atoms in total. The molecule has 0 fully saturated rings. The lowest BCUT2D eigenvalue weighted by molar-refractivity contribution is -0.383. The van der Waals surface area contributed by atoms with Gasteiger partial charge in [-0.25, -0.2) is 0 Å². The molecule has 0 aliphatic rings. The molecule has 0 amide bonds. The van der Waals surface area contributed by atoms with Gasteiger partial charge in [0, 0.05) is 6.07 Å². The van der Waals surface area contributed by atoms with Crippen molar-refractivity contribution in [2.24, 2.45) is 0 Å². The average molecular weight is 236 g/mol. The molecule has 0 aliphatic heterocycles. The van der Waals surface area contributed by atoms with Gasteiger partial charge in [-0.15, -0.1) is 0 Å². The highest BCUT2D eigenvalue weighted by Crippen LogP contribution is 2.34. The molecule has 74 valence electrons. The van der Waals surface area contributed by atoms with Crippen molar-refractivity contribution in [3.05, 3.63) is 32.3 Å². The van der Waals surface area contributed by atoms with Gasteiger partial charge in [0.2, 0.25) is 5.39 Å². The highest BCUT2D eigenvalue weighted by Gasteiger charge is 2.15. The van der Waals surface area contributed by atoms with Crippen LogP contribution >= 0.6 is 23.2 Å². The molecule has 0 radical (unpaired) electrons. The molecule has 8 heteroatoms. The number of rotatable bonds is 1. The van der Waals surface area contributed by atoms with E-state index < -0.39 is 4.92 Å². The lowest BCUT2D eigenvalue weighted by Gasteiger charge is -2.00. The number of hydrogen-bond acceptors (Lipinski definition) is 4. The van der Waals surface area contributed by atoms with Crippen LogP contribution in [-0.2, 0) is 0 Å². The minimum Gasteiger partial charge on any atom is -0.392 e. The predicted molar refractivity (Wildman–Crippen MR) is 50.2 cm³/mol. The fourth-order valence-corrected chi connectivity index (χ4v) is 1.04. The topological polar surface area (TPSA) is 117 Å². The summed E-state index contributed by atoms with van der Waals surface area (Å²) in [4.78, 5) is 9.70. The van der Waals surface area contributed by atoms with Crippen molar-refractivity contribution in [1.82, 2.24) is 0 Å². The second-order valence-corrected chi connectivity index (χ2v) is 2.84. The van der Waals surface area contributed by atoms with Gasteiger partial charge in [-0.2, -0.15) is 0 Å². The molecule has 1 aromatic carbocycles. The molecule has 0 aromatic heterocycles. The van der Waals surface area contributed by atoms with Crippen LogP contribution in [-0.4, -0.2) is 4.92 Å². The van der Waals surface area contributed by atoms with E-state index in [0.29, 0.717) is 0 Å². The molecular weight excluding hydrogens is 231 g/mol. The number of nitro groups is 1. The molecule has 0 spiro atoms. The van der Waals surface area contributed by atoms with Crippen LogP contribution in [0.2, 0.25) is 10.0 Å². The summed E-state index contributed by atoms with van der Waals surface area (Å²) in [6.45, 7) is 0. The van der Waals surface area contributed by atoms with Crippen LogP contribution in [0.4, 0.5) is 11.4 Å². The van der Waals surface area contributed by atoms with Crippen molar-refractivity contribution in [3.63, 3.8) is 0 Å². The summed E-state index contributed by atoms with van der Waals surface area (Å²) in [7, 11) is 0. The molecule has 1 aromatic rings. The number of nitrogen functional groups attached to an aromatic ring is 1. The maximum Gasteiger partial charge on any atom is 0.293 e. The molecule has 1 rings (SSSR count). The van der Waals surface area contributed by atoms with Crippen molar-refractivity contribution in [2.45, 2.75) is 0 Å².